The van der Waals surface area contributed by atoms with Crippen LogP contribution in [0.25, 0.3) is 6.08 Å². The van der Waals surface area contributed by atoms with Gasteiger partial charge in [-0.2, -0.15) is 0 Å². The lowest BCUT2D eigenvalue weighted by Gasteiger charge is -2.14. The molecule has 1 aromatic rings. The molecule has 1 saturated heterocycles. The third-order valence-corrected chi connectivity index (χ3v) is 5.29. The molecule has 0 aromatic heterocycles. The zero-order valence-electron chi connectivity index (χ0n) is 13.8. The molecular weight excluding hydrogens is 383 g/mol. The van der Waals surface area contributed by atoms with E-state index in [1.54, 1.807) is 24.3 Å². The maximum Gasteiger partial charge on any atom is 0.293 e. The van der Waals surface area contributed by atoms with Crippen LogP contribution in [0.4, 0.5) is 4.79 Å². The van der Waals surface area contributed by atoms with E-state index in [0.29, 0.717) is 20.5 Å². The molecule has 0 bridgehead atoms. The number of nitrogens with one attached hydrogen (secondary N) is 1. The number of halogens is 2. The number of amides is 3. The Hall–Kier alpha value is -1.50. The number of nitrogens with zero attached hydrogens (tertiary/aromatic N) is 1. The number of carbonyl (C=O) groups excluding carboxylic acids is 3. The van der Waals surface area contributed by atoms with Gasteiger partial charge in [-0.25, -0.2) is 0 Å². The molecule has 1 fully saturated rings. The van der Waals surface area contributed by atoms with Crippen molar-refractivity contribution < 1.29 is 14.4 Å². The third kappa shape index (κ3) is 5.00. The summed E-state index contributed by atoms with van der Waals surface area (Å²) in [6.45, 7) is 4.12. The molecule has 134 valence electrons. The van der Waals surface area contributed by atoms with Gasteiger partial charge in [0.2, 0.25) is 5.91 Å². The lowest BCUT2D eigenvalue weighted by atomic mass is 10.1. The van der Waals surface area contributed by atoms with E-state index in [2.05, 4.69) is 5.32 Å². The molecule has 25 heavy (non-hydrogen) atoms. The zero-order valence-corrected chi connectivity index (χ0v) is 16.2. The molecule has 1 unspecified atom stereocenters. The summed E-state index contributed by atoms with van der Waals surface area (Å²) in [6, 6.07) is 4.92. The normalized spacial score (nSPS) is 17.3. The van der Waals surface area contributed by atoms with Crippen LogP contribution in [0.2, 0.25) is 10.0 Å². The first-order valence-corrected chi connectivity index (χ1v) is 9.38. The van der Waals surface area contributed by atoms with Gasteiger partial charge >= 0.3 is 0 Å². The minimum Gasteiger partial charge on any atom is -0.354 e. The van der Waals surface area contributed by atoms with Gasteiger partial charge in [0.15, 0.2) is 0 Å². The first-order valence-electron chi connectivity index (χ1n) is 7.81. The van der Waals surface area contributed by atoms with Gasteiger partial charge in [0, 0.05) is 29.1 Å². The predicted molar refractivity (Wildman–Crippen MR) is 102 cm³/mol. The summed E-state index contributed by atoms with van der Waals surface area (Å²) in [5.41, 5.74) is 0.613. The summed E-state index contributed by atoms with van der Waals surface area (Å²) in [7, 11) is 0. The Labute approximate surface area is 160 Å². The van der Waals surface area contributed by atoms with Gasteiger partial charge in [0.25, 0.3) is 11.1 Å². The standard InChI is InChI=1S/C17H18Cl2N2O3S/c1-3-10(2)15(22)20-6-7-21-16(23)14(25-17(21)24)8-11-4-5-12(18)9-13(11)19/h4-5,8-10H,3,6-7H2,1-2H3,(H,20,22)/b14-8-. The van der Waals surface area contributed by atoms with Crippen LogP contribution >= 0.6 is 35.0 Å². The van der Waals surface area contributed by atoms with Crippen molar-refractivity contribution in [1.29, 1.82) is 0 Å². The van der Waals surface area contributed by atoms with E-state index in [9.17, 15) is 14.4 Å². The molecule has 0 saturated carbocycles. The molecule has 0 aliphatic carbocycles. The van der Waals surface area contributed by atoms with Crippen molar-refractivity contribution >= 4 is 58.1 Å². The maximum atomic E-state index is 12.4. The third-order valence-electron chi connectivity index (χ3n) is 3.82. The van der Waals surface area contributed by atoms with Gasteiger partial charge in [-0.1, -0.05) is 43.1 Å². The highest BCUT2D eigenvalue weighted by Gasteiger charge is 2.34. The summed E-state index contributed by atoms with van der Waals surface area (Å²) in [5.74, 6) is -0.571. The van der Waals surface area contributed by atoms with Crippen LogP contribution in [0, 0.1) is 5.92 Å². The van der Waals surface area contributed by atoms with Crippen LogP contribution in [-0.4, -0.2) is 35.0 Å². The molecule has 1 N–H and O–H groups in total. The summed E-state index contributed by atoms with van der Waals surface area (Å²) >= 11 is 12.8. The lowest BCUT2D eigenvalue weighted by molar-refractivity contribution is -0.126. The molecule has 5 nitrogen and oxygen atoms in total. The second-order valence-corrected chi connectivity index (χ2v) is 7.44. The van der Waals surface area contributed by atoms with E-state index in [1.165, 1.54) is 0 Å². The molecule has 8 heteroatoms. The predicted octanol–water partition coefficient (Wildman–Crippen LogP) is 4.19. The zero-order chi connectivity index (χ0) is 18.6. The maximum absolute atomic E-state index is 12.4. The van der Waals surface area contributed by atoms with E-state index >= 15 is 0 Å². The van der Waals surface area contributed by atoms with Crippen molar-refractivity contribution in [3.05, 3.63) is 38.7 Å². The van der Waals surface area contributed by atoms with Crippen LogP contribution in [0.15, 0.2) is 23.1 Å². The monoisotopic (exact) mass is 400 g/mol. The Morgan fingerprint density at radius 2 is 2.08 bits per heavy atom. The second-order valence-electron chi connectivity index (χ2n) is 5.60. The first kappa shape index (κ1) is 19.8. The van der Waals surface area contributed by atoms with Gasteiger partial charge in [-0.3, -0.25) is 19.3 Å². The fourth-order valence-electron chi connectivity index (χ4n) is 2.10. The van der Waals surface area contributed by atoms with Gasteiger partial charge in [-0.15, -0.1) is 0 Å². The smallest absolute Gasteiger partial charge is 0.293 e. The van der Waals surface area contributed by atoms with Crippen molar-refractivity contribution in [2.75, 3.05) is 13.1 Å². The van der Waals surface area contributed by atoms with Crippen LogP contribution in [0.5, 0.6) is 0 Å². The van der Waals surface area contributed by atoms with Gasteiger partial charge in [0.05, 0.1) is 4.91 Å². The van der Waals surface area contributed by atoms with Gasteiger partial charge in [0.1, 0.15) is 0 Å². The average Bonchev–Trinajstić information content (AvgIpc) is 2.83. The van der Waals surface area contributed by atoms with Crippen molar-refractivity contribution in [3.8, 4) is 0 Å². The fraction of sp³-hybridized carbons (Fsp3) is 0.353. The number of benzene rings is 1. The number of carbonyl (C=O) groups is 3. The first-order chi connectivity index (χ1) is 11.8. The second kappa shape index (κ2) is 8.74. The summed E-state index contributed by atoms with van der Waals surface area (Å²) in [6.07, 6.45) is 2.30. The van der Waals surface area contributed by atoms with Crippen LogP contribution in [0.3, 0.4) is 0 Å². The number of thioether (sulfide) groups is 1. The highest BCUT2D eigenvalue weighted by Crippen LogP contribution is 2.33. The number of hydrogen-bond donors (Lipinski definition) is 1. The number of imide groups is 1. The van der Waals surface area contributed by atoms with E-state index in [4.69, 9.17) is 23.2 Å². The summed E-state index contributed by atoms with van der Waals surface area (Å²) in [5, 5.41) is 3.27. The Bertz CT molecular complexity index is 737. The quantitative estimate of drug-likeness (QED) is 0.726. The van der Waals surface area contributed by atoms with Crippen LogP contribution in [0.1, 0.15) is 25.8 Å². The largest absolute Gasteiger partial charge is 0.354 e. The molecule has 1 aromatic carbocycles. The molecule has 1 heterocycles. The van der Waals surface area contributed by atoms with Crippen molar-refractivity contribution in [3.63, 3.8) is 0 Å². The van der Waals surface area contributed by atoms with E-state index in [1.807, 2.05) is 13.8 Å². The molecule has 0 spiro atoms. The molecule has 1 aliphatic heterocycles. The van der Waals surface area contributed by atoms with Gasteiger partial charge in [-0.05, 0) is 42.0 Å². The fourth-order valence-corrected chi connectivity index (χ4v) is 3.42. The van der Waals surface area contributed by atoms with Crippen molar-refractivity contribution in [2.45, 2.75) is 20.3 Å². The molecule has 1 atom stereocenters. The Morgan fingerprint density at radius 3 is 2.72 bits per heavy atom. The Morgan fingerprint density at radius 1 is 1.36 bits per heavy atom. The molecule has 1 aliphatic rings. The number of rotatable bonds is 6. The highest BCUT2D eigenvalue weighted by atomic mass is 35.5. The minimum atomic E-state index is -0.390. The highest BCUT2D eigenvalue weighted by molar-refractivity contribution is 8.18. The topological polar surface area (TPSA) is 66.5 Å². The van der Waals surface area contributed by atoms with Crippen LogP contribution < -0.4 is 5.32 Å². The lowest BCUT2D eigenvalue weighted by Crippen LogP contribution is -2.38. The summed E-state index contributed by atoms with van der Waals surface area (Å²) < 4.78 is 0. The van der Waals surface area contributed by atoms with Crippen LogP contribution in [-0.2, 0) is 9.59 Å². The van der Waals surface area contributed by atoms with Crippen molar-refractivity contribution in [2.24, 2.45) is 5.92 Å². The average molecular weight is 401 g/mol. The summed E-state index contributed by atoms with van der Waals surface area (Å²) in [4.78, 5) is 37.6. The minimum absolute atomic E-state index is 0.0852. The number of hydrogen-bond acceptors (Lipinski definition) is 4. The molecule has 3 amide bonds. The Balaban J connectivity index is 2.02. The van der Waals surface area contributed by atoms with Gasteiger partial charge < -0.3 is 5.32 Å². The Kier molecular flexibility index (Phi) is 6.93. The molecule has 0 radical (unpaired) electrons. The van der Waals surface area contributed by atoms with E-state index < -0.39 is 0 Å². The molecular formula is C17H18Cl2N2O3S. The van der Waals surface area contributed by atoms with E-state index in [0.717, 1.165) is 23.1 Å². The SMILES string of the molecule is CCC(C)C(=O)NCCN1C(=O)S/C(=C\c2ccc(Cl)cc2Cl)C1=O. The molecule has 2 rings (SSSR count). The van der Waals surface area contributed by atoms with Crippen molar-refractivity contribution in [1.82, 2.24) is 10.2 Å². The van der Waals surface area contributed by atoms with E-state index in [-0.39, 0.29) is 36.1 Å².